The molecule has 2 rings (SSSR count). The lowest BCUT2D eigenvalue weighted by Gasteiger charge is -2.12. The van der Waals surface area contributed by atoms with Crippen molar-refractivity contribution in [1.29, 1.82) is 0 Å². The van der Waals surface area contributed by atoms with Crippen LogP contribution in [0.2, 0.25) is 0 Å². The van der Waals surface area contributed by atoms with Crippen molar-refractivity contribution in [1.82, 2.24) is 0 Å². The number of nitrogens with two attached hydrogens (primary N) is 1. The molecule has 1 aromatic rings. The first-order chi connectivity index (χ1) is 9.69. The summed E-state index contributed by atoms with van der Waals surface area (Å²) in [6, 6.07) is 2.96. The van der Waals surface area contributed by atoms with Crippen LogP contribution in [0.3, 0.4) is 0 Å². The van der Waals surface area contributed by atoms with Gasteiger partial charge in [0.1, 0.15) is 21.5 Å². The third kappa shape index (κ3) is 4.66. The predicted octanol–water partition coefficient (Wildman–Crippen LogP) is 1.52. The number of hydrogen-bond donors (Lipinski definition) is 2. The highest BCUT2D eigenvalue weighted by Crippen LogP contribution is 2.46. The van der Waals surface area contributed by atoms with Gasteiger partial charge in [-0.1, -0.05) is 0 Å². The summed E-state index contributed by atoms with van der Waals surface area (Å²) in [5.41, 5.74) is 5.16. The van der Waals surface area contributed by atoms with Gasteiger partial charge in [0, 0.05) is 24.3 Å². The highest BCUT2D eigenvalue weighted by molar-refractivity contribution is 7.90. The van der Waals surface area contributed by atoms with E-state index in [0.29, 0.717) is 0 Å². The smallest absolute Gasteiger partial charge is 0.193 e. The Morgan fingerprint density at radius 1 is 1.43 bits per heavy atom. The zero-order chi connectivity index (χ0) is 15.7. The largest absolute Gasteiger partial charge is 0.370 e. The summed E-state index contributed by atoms with van der Waals surface area (Å²) in [6.07, 6.45) is 2.72. The number of halogens is 2. The van der Waals surface area contributed by atoms with Crippen LogP contribution < -0.4 is 11.1 Å². The van der Waals surface area contributed by atoms with Gasteiger partial charge in [0.2, 0.25) is 0 Å². The molecule has 1 saturated carbocycles. The lowest BCUT2D eigenvalue weighted by Crippen LogP contribution is -2.26. The Morgan fingerprint density at radius 2 is 2.10 bits per heavy atom. The monoisotopic (exact) mass is 317 g/mol. The van der Waals surface area contributed by atoms with E-state index in [0.717, 1.165) is 31.0 Å². The van der Waals surface area contributed by atoms with Crippen molar-refractivity contribution >= 4 is 21.5 Å². The number of aliphatic imine (C=N–C) groups is 1. The van der Waals surface area contributed by atoms with E-state index in [2.05, 4.69) is 10.3 Å². The van der Waals surface area contributed by atoms with Crippen molar-refractivity contribution in [2.45, 2.75) is 12.8 Å². The van der Waals surface area contributed by atoms with Gasteiger partial charge in [0.15, 0.2) is 5.96 Å². The molecule has 0 aliphatic heterocycles. The minimum absolute atomic E-state index is 0.0606. The van der Waals surface area contributed by atoms with Crippen molar-refractivity contribution in [2.75, 3.05) is 23.9 Å². The molecule has 1 aliphatic rings. The summed E-state index contributed by atoms with van der Waals surface area (Å²) in [7, 11) is -3.08. The molecule has 0 aromatic heterocycles. The van der Waals surface area contributed by atoms with E-state index >= 15 is 0 Å². The van der Waals surface area contributed by atoms with Crippen LogP contribution in [0.1, 0.15) is 12.8 Å². The zero-order valence-electron chi connectivity index (χ0n) is 11.6. The number of nitrogens with one attached hydrogen (secondary N) is 1. The summed E-state index contributed by atoms with van der Waals surface area (Å²) in [5.74, 6) is -1.25. The number of rotatable bonds is 5. The molecule has 0 heterocycles. The summed E-state index contributed by atoms with van der Waals surface area (Å²) in [6.45, 7) is 0.246. The molecule has 1 fully saturated rings. The van der Waals surface area contributed by atoms with Crippen LogP contribution in [-0.4, -0.2) is 32.9 Å². The highest BCUT2D eigenvalue weighted by Gasteiger charge is 2.45. The maximum absolute atomic E-state index is 13.4. The van der Waals surface area contributed by atoms with Gasteiger partial charge >= 0.3 is 0 Å². The first-order valence-electron chi connectivity index (χ1n) is 6.39. The standard InChI is InChI=1S/C13H17F2N3O2S/c1-21(19,20)8-13(4-5-13)7-17-12(16)18-11-6-9(14)2-3-10(11)15/h2-3,6H,4-5,7-8H2,1H3,(H3,16,17,18). The molecule has 0 spiro atoms. The molecule has 0 atom stereocenters. The van der Waals surface area contributed by atoms with Crippen molar-refractivity contribution in [3.63, 3.8) is 0 Å². The van der Waals surface area contributed by atoms with Gasteiger partial charge in [-0.2, -0.15) is 0 Å². The van der Waals surface area contributed by atoms with Crippen molar-refractivity contribution in [3.8, 4) is 0 Å². The Labute approximate surface area is 122 Å². The Bertz CT molecular complexity index is 670. The van der Waals surface area contributed by atoms with Gasteiger partial charge < -0.3 is 11.1 Å². The molecule has 5 nitrogen and oxygen atoms in total. The molecular formula is C13H17F2N3O2S. The predicted molar refractivity (Wildman–Crippen MR) is 77.8 cm³/mol. The third-order valence-corrected chi connectivity index (χ3v) is 4.44. The van der Waals surface area contributed by atoms with Crippen molar-refractivity contribution in [3.05, 3.63) is 29.8 Å². The van der Waals surface area contributed by atoms with Gasteiger partial charge in [-0.25, -0.2) is 17.2 Å². The van der Waals surface area contributed by atoms with E-state index in [-0.39, 0.29) is 29.4 Å². The molecule has 21 heavy (non-hydrogen) atoms. The summed E-state index contributed by atoms with van der Waals surface area (Å²) in [4.78, 5) is 4.04. The number of sulfone groups is 1. The van der Waals surface area contributed by atoms with E-state index < -0.39 is 21.5 Å². The molecular weight excluding hydrogens is 300 g/mol. The van der Waals surface area contributed by atoms with E-state index in [4.69, 9.17) is 5.73 Å². The Hall–Kier alpha value is -1.70. The van der Waals surface area contributed by atoms with Crippen LogP contribution in [0.15, 0.2) is 23.2 Å². The van der Waals surface area contributed by atoms with Crippen LogP contribution >= 0.6 is 0 Å². The fourth-order valence-corrected chi connectivity index (χ4v) is 3.60. The van der Waals surface area contributed by atoms with Crippen molar-refractivity contribution in [2.24, 2.45) is 16.1 Å². The molecule has 0 amide bonds. The average Bonchev–Trinajstić information content (AvgIpc) is 3.09. The maximum atomic E-state index is 13.4. The first kappa shape index (κ1) is 15.7. The molecule has 1 aromatic carbocycles. The van der Waals surface area contributed by atoms with E-state index in [1.54, 1.807) is 0 Å². The lowest BCUT2D eigenvalue weighted by atomic mass is 10.1. The van der Waals surface area contributed by atoms with Crippen molar-refractivity contribution < 1.29 is 17.2 Å². The van der Waals surface area contributed by atoms with Gasteiger partial charge in [-0.05, 0) is 25.0 Å². The Kier molecular flexibility index (Phi) is 4.18. The molecule has 1 aliphatic carbocycles. The molecule has 0 saturated heterocycles. The van der Waals surface area contributed by atoms with Gasteiger partial charge in [-0.3, -0.25) is 4.99 Å². The van der Waals surface area contributed by atoms with E-state index in [1.165, 1.54) is 6.26 Å². The summed E-state index contributed by atoms with van der Waals surface area (Å²) >= 11 is 0. The van der Waals surface area contributed by atoms with E-state index in [1.807, 2.05) is 0 Å². The SMILES string of the molecule is CS(=O)(=O)CC1(CN=C(N)Nc2cc(F)ccc2F)CC1. The molecule has 8 heteroatoms. The molecule has 0 bridgehead atoms. The highest BCUT2D eigenvalue weighted by atomic mass is 32.2. The molecule has 0 unspecified atom stereocenters. The minimum Gasteiger partial charge on any atom is -0.370 e. The lowest BCUT2D eigenvalue weighted by molar-refractivity contribution is 0.552. The average molecular weight is 317 g/mol. The topological polar surface area (TPSA) is 84.5 Å². The second-order valence-corrected chi connectivity index (χ2v) is 7.66. The second-order valence-electron chi connectivity index (χ2n) is 5.52. The number of benzene rings is 1. The first-order valence-corrected chi connectivity index (χ1v) is 8.45. The quantitative estimate of drug-likeness (QED) is 0.637. The third-order valence-electron chi connectivity index (χ3n) is 3.30. The summed E-state index contributed by atoms with van der Waals surface area (Å²) < 4.78 is 49.1. The fraction of sp³-hybridized carbons (Fsp3) is 0.462. The van der Waals surface area contributed by atoms with Crippen LogP contribution in [0.4, 0.5) is 14.5 Å². The maximum Gasteiger partial charge on any atom is 0.193 e. The fourth-order valence-electron chi connectivity index (χ4n) is 2.10. The number of guanidine groups is 1. The molecule has 0 radical (unpaired) electrons. The number of anilines is 1. The normalized spacial score (nSPS) is 17.6. The zero-order valence-corrected chi connectivity index (χ0v) is 12.4. The summed E-state index contributed by atoms with van der Waals surface area (Å²) in [5, 5.41) is 2.48. The van der Waals surface area contributed by atoms with Gasteiger partial charge in [0.25, 0.3) is 0 Å². The van der Waals surface area contributed by atoms with E-state index in [9.17, 15) is 17.2 Å². The van der Waals surface area contributed by atoms with Gasteiger partial charge in [0.05, 0.1) is 11.4 Å². The molecule has 3 N–H and O–H groups in total. The van der Waals surface area contributed by atoms with Crippen LogP contribution in [-0.2, 0) is 9.84 Å². The van der Waals surface area contributed by atoms with Crippen LogP contribution in [0, 0.1) is 17.0 Å². The van der Waals surface area contributed by atoms with Gasteiger partial charge in [-0.15, -0.1) is 0 Å². The van der Waals surface area contributed by atoms with Crippen LogP contribution in [0.25, 0.3) is 0 Å². The number of hydrogen-bond acceptors (Lipinski definition) is 3. The molecule has 116 valence electrons. The Morgan fingerprint density at radius 3 is 2.67 bits per heavy atom. The van der Waals surface area contributed by atoms with Crippen LogP contribution in [0.5, 0.6) is 0 Å². The minimum atomic E-state index is -3.08. The second kappa shape index (κ2) is 5.59. The Balaban J connectivity index is 2.00. The number of nitrogens with zero attached hydrogens (tertiary/aromatic N) is 1.